The van der Waals surface area contributed by atoms with E-state index in [2.05, 4.69) is 20.3 Å². The molecule has 0 aromatic carbocycles. The number of rotatable bonds is 4. The molecule has 3 aromatic rings. The van der Waals surface area contributed by atoms with Gasteiger partial charge >= 0.3 is 6.03 Å². The first-order valence-corrected chi connectivity index (χ1v) is 10.7. The molecular formula is C24H25N5O3. The number of anilines is 1. The first kappa shape index (κ1) is 20.4. The molecule has 2 aliphatic rings. The zero-order chi connectivity index (χ0) is 22.3. The number of aliphatic hydroxyl groups excluding tert-OH is 1. The van der Waals surface area contributed by atoms with Crippen molar-refractivity contribution in [1.29, 1.82) is 0 Å². The summed E-state index contributed by atoms with van der Waals surface area (Å²) in [5, 5.41) is 13.2. The number of aryl methyl sites for hydroxylation is 2. The van der Waals surface area contributed by atoms with Gasteiger partial charge in [0.15, 0.2) is 0 Å². The molecule has 2 amide bonds. The number of urea groups is 1. The lowest BCUT2D eigenvalue weighted by atomic mass is 10.1. The molecule has 5 rings (SSSR count). The molecule has 3 aromatic heterocycles. The van der Waals surface area contributed by atoms with Crippen LogP contribution in [0, 0.1) is 19.3 Å². The van der Waals surface area contributed by atoms with E-state index in [1.165, 1.54) is 4.90 Å². The zero-order valence-electron chi connectivity index (χ0n) is 18.1. The van der Waals surface area contributed by atoms with Crippen LogP contribution in [-0.2, 0) is 0 Å². The summed E-state index contributed by atoms with van der Waals surface area (Å²) in [4.78, 5) is 27.2. The van der Waals surface area contributed by atoms with Crippen molar-refractivity contribution in [1.82, 2.24) is 19.9 Å². The van der Waals surface area contributed by atoms with Crippen molar-refractivity contribution in [3.8, 4) is 22.8 Å². The molecule has 1 saturated heterocycles. The van der Waals surface area contributed by atoms with E-state index in [-0.39, 0.29) is 11.4 Å². The highest BCUT2D eigenvalue weighted by molar-refractivity contribution is 5.88. The van der Waals surface area contributed by atoms with Crippen molar-refractivity contribution in [2.45, 2.75) is 39.3 Å². The first-order valence-electron chi connectivity index (χ1n) is 10.7. The monoisotopic (exact) mass is 431 g/mol. The van der Waals surface area contributed by atoms with Crippen molar-refractivity contribution in [2.75, 3.05) is 11.9 Å². The van der Waals surface area contributed by atoms with Crippen LogP contribution in [-0.4, -0.2) is 43.8 Å². The third-order valence-corrected chi connectivity index (χ3v) is 6.27. The van der Waals surface area contributed by atoms with E-state index in [1.807, 2.05) is 32.0 Å². The molecule has 1 saturated carbocycles. The van der Waals surface area contributed by atoms with E-state index in [4.69, 9.17) is 4.74 Å². The van der Waals surface area contributed by atoms with Crippen LogP contribution < -0.4 is 10.1 Å². The molecule has 164 valence electrons. The summed E-state index contributed by atoms with van der Waals surface area (Å²) in [7, 11) is 0. The summed E-state index contributed by atoms with van der Waals surface area (Å²) in [6, 6.07) is 10.7. The minimum absolute atomic E-state index is 0.0727. The number of amides is 2. The molecule has 2 fully saturated rings. The van der Waals surface area contributed by atoms with Crippen LogP contribution in [0.4, 0.5) is 10.6 Å². The molecule has 0 bridgehead atoms. The third-order valence-electron chi connectivity index (χ3n) is 6.27. The predicted molar refractivity (Wildman–Crippen MR) is 119 cm³/mol. The molecule has 1 aliphatic carbocycles. The van der Waals surface area contributed by atoms with Crippen molar-refractivity contribution >= 4 is 11.8 Å². The normalized spacial score (nSPS) is 18.6. The highest BCUT2D eigenvalue weighted by Crippen LogP contribution is 2.56. The number of aromatic nitrogens is 3. The molecule has 1 aliphatic heterocycles. The fraction of sp³-hybridized carbons (Fsp3) is 0.333. The Kier molecular flexibility index (Phi) is 5.01. The van der Waals surface area contributed by atoms with E-state index in [0.717, 1.165) is 36.2 Å². The number of aliphatic hydroxyl groups is 1. The molecule has 4 heterocycles. The number of nitrogens with zero attached hydrogens (tertiary/aromatic N) is 4. The van der Waals surface area contributed by atoms with Gasteiger partial charge in [0, 0.05) is 41.7 Å². The van der Waals surface area contributed by atoms with Crippen LogP contribution in [0.3, 0.4) is 0 Å². The van der Waals surface area contributed by atoms with Crippen LogP contribution in [0.2, 0.25) is 0 Å². The van der Waals surface area contributed by atoms with Crippen LogP contribution in [0.5, 0.6) is 11.5 Å². The molecule has 8 heteroatoms. The Bertz CT molecular complexity index is 1180. The second-order valence-corrected chi connectivity index (χ2v) is 8.55. The second kappa shape index (κ2) is 7.87. The predicted octanol–water partition coefficient (Wildman–Crippen LogP) is 4.28. The highest BCUT2D eigenvalue weighted by Gasteiger charge is 2.56. The molecule has 2 N–H and O–H groups in total. The Morgan fingerprint density at radius 1 is 1.12 bits per heavy atom. The Hall–Kier alpha value is -3.52. The quantitative estimate of drug-likeness (QED) is 0.639. The van der Waals surface area contributed by atoms with Gasteiger partial charge in [-0.1, -0.05) is 0 Å². The maximum atomic E-state index is 12.6. The number of hydrogen-bond acceptors (Lipinski definition) is 6. The van der Waals surface area contributed by atoms with Gasteiger partial charge in [0.25, 0.3) is 0 Å². The standard InChI is InChI=1S/C24H25N5O3/c1-15-13-17(5-10-25-15)19-14-18(6-11-26-19)32-20-3-4-21(27-16(20)2)28-23(31)29-12-9-24(7-8-24)22(29)30/h3-6,10-11,13-14,22,30H,7-9,12H2,1-2H3,(H,27,28,31). The molecule has 1 unspecified atom stereocenters. The van der Waals surface area contributed by atoms with Gasteiger partial charge < -0.3 is 9.84 Å². The van der Waals surface area contributed by atoms with Gasteiger partial charge in [-0.2, -0.15) is 0 Å². The third kappa shape index (κ3) is 3.89. The Morgan fingerprint density at radius 3 is 2.66 bits per heavy atom. The number of carbonyl (C=O) groups is 1. The van der Waals surface area contributed by atoms with E-state index >= 15 is 0 Å². The Balaban J connectivity index is 1.28. The molecular weight excluding hydrogens is 406 g/mol. The lowest BCUT2D eigenvalue weighted by Crippen LogP contribution is -2.41. The minimum Gasteiger partial charge on any atom is -0.455 e. The lowest BCUT2D eigenvalue weighted by Gasteiger charge is -2.23. The summed E-state index contributed by atoms with van der Waals surface area (Å²) >= 11 is 0. The van der Waals surface area contributed by atoms with Gasteiger partial charge in [-0.3, -0.25) is 20.2 Å². The maximum absolute atomic E-state index is 12.6. The van der Waals surface area contributed by atoms with Gasteiger partial charge in [-0.05, 0) is 63.4 Å². The maximum Gasteiger partial charge on any atom is 0.325 e. The fourth-order valence-electron chi connectivity index (χ4n) is 4.18. The van der Waals surface area contributed by atoms with Gasteiger partial charge in [-0.25, -0.2) is 9.78 Å². The number of hydrogen-bond donors (Lipinski definition) is 2. The van der Waals surface area contributed by atoms with E-state index in [9.17, 15) is 9.90 Å². The average Bonchev–Trinajstić information content (AvgIpc) is 3.49. The lowest BCUT2D eigenvalue weighted by molar-refractivity contribution is 0.0250. The summed E-state index contributed by atoms with van der Waals surface area (Å²) in [6.45, 7) is 4.32. The second-order valence-electron chi connectivity index (χ2n) is 8.55. The Morgan fingerprint density at radius 2 is 1.94 bits per heavy atom. The number of nitrogens with one attached hydrogen (secondary N) is 1. The van der Waals surface area contributed by atoms with Gasteiger partial charge in [0.1, 0.15) is 23.5 Å². The topological polar surface area (TPSA) is 100 Å². The van der Waals surface area contributed by atoms with E-state index in [0.29, 0.717) is 29.6 Å². The fourth-order valence-corrected chi connectivity index (χ4v) is 4.18. The van der Waals surface area contributed by atoms with Crippen molar-refractivity contribution in [3.05, 3.63) is 60.2 Å². The molecule has 1 spiro atoms. The van der Waals surface area contributed by atoms with Crippen LogP contribution >= 0.6 is 0 Å². The zero-order valence-corrected chi connectivity index (χ0v) is 18.1. The summed E-state index contributed by atoms with van der Waals surface area (Å²) in [5.41, 5.74) is 3.24. The van der Waals surface area contributed by atoms with Crippen molar-refractivity contribution < 1.29 is 14.6 Å². The molecule has 1 atom stereocenters. The minimum atomic E-state index is -0.712. The van der Waals surface area contributed by atoms with E-state index < -0.39 is 6.23 Å². The van der Waals surface area contributed by atoms with Crippen LogP contribution in [0.1, 0.15) is 30.7 Å². The average molecular weight is 431 g/mol. The number of ether oxygens (including phenoxy) is 1. The van der Waals surface area contributed by atoms with Crippen LogP contribution in [0.25, 0.3) is 11.3 Å². The molecule has 8 nitrogen and oxygen atoms in total. The SMILES string of the molecule is Cc1cc(-c2cc(Oc3ccc(NC(=O)N4CCC5(CC5)C4O)nc3C)ccn2)ccn1. The first-order chi connectivity index (χ1) is 15.4. The smallest absolute Gasteiger partial charge is 0.325 e. The summed E-state index contributed by atoms with van der Waals surface area (Å²) < 4.78 is 6.03. The van der Waals surface area contributed by atoms with Gasteiger partial charge in [0.05, 0.1) is 11.4 Å². The molecule has 0 radical (unpaired) electrons. The Labute approximate surface area is 186 Å². The van der Waals surface area contributed by atoms with Gasteiger partial charge in [0.2, 0.25) is 0 Å². The number of carbonyl (C=O) groups excluding carboxylic acids is 1. The summed E-state index contributed by atoms with van der Waals surface area (Å²) in [6.07, 6.45) is 5.57. The van der Waals surface area contributed by atoms with Crippen LogP contribution in [0.15, 0.2) is 48.8 Å². The van der Waals surface area contributed by atoms with Gasteiger partial charge in [-0.15, -0.1) is 0 Å². The van der Waals surface area contributed by atoms with E-state index in [1.54, 1.807) is 30.6 Å². The number of pyridine rings is 3. The number of likely N-dealkylation sites (tertiary alicyclic amines) is 1. The summed E-state index contributed by atoms with van der Waals surface area (Å²) in [5.74, 6) is 1.65. The highest BCUT2D eigenvalue weighted by atomic mass is 16.5. The molecule has 32 heavy (non-hydrogen) atoms. The largest absolute Gasteiger partial charge is 0.455 e. The van der Waals surface area contributed by atoms with Crippen molar-refractivity contribution in [2.24, 2.45) is 5.41 Å². The van der Waals surface area contributed by atoms with Crippen molar-refractivity contribution in [3.63, 3.8) is 0 Å².